The number of furan rings is 1. The van der Waals surface area contributed by atoms with Gasteiger partial charge in [0.25, 0.3) is 5.89 Å². The van der Waals surface area contributed by atoms with Crippen LogP contribution in [-0.4, -0.2) is 46.2 Å². The second-order valence-corrected chi connectivity index (χ2v) is 8.85. The van der Waals surface area contributed by atoms with Crippen LogP contribution in [0.1, 0.15) is 10.8 Å². The molecule has 3 aromatic heterocycles. The quantitative estimate of drug-likeness (QED) is 0.419. The van der Waals surface area contributed by atoms with Crippen molar-refractivity contribution in [2.24, 2.45) is 0 Å². The predicted octanol–water partition coefficient (Wildman–Crippen LogP) is 5.03. The molecule has 0 unspecified atom stereocenters. The molecule has 0 saturated carbocycles. The van der Waals surface area contributed by atoms with Crippen molar-refractivity contribution in [2.45, 2.75) is 13.1 Å². The van der Waals surface area contributed by atoms with Crippen LogP contribution in [0.15, 0.2) is 63.6 Å². The highest BCUT2D eigenvalue weighted by Gasteiger charge is 2.20. The van der Waals surface area contributed by atoms with E-state index in [1.54, 1.807) is 6.26 Å². The molecule has 0 atom stereocenters. The van der Waals surface area contributed by atoms with Gasteiger partial charge < -0.3 is 8.83 Å². The van der Waals surface area contributed by atoms with Crippen molar-refractivity contribution in [1.82, 2.24) is 20.0 Å². The highest BCUT2D eigenvalue weighted by Crippen LogP contribution is 2.33. The Bertz CT molecular complexity index is 1100. The van der Waals surface area contributed by atoms with Gasteiger partial charge in [0.2, 0.25) is 5.89 Å². The fraction of sp³-hybridized carbons (Fsp3) is 0.273. The van der Waals surface area contributed by atoms with Crippen molar-refractivity contribution in [3.05, 3.63) is 70.6 Å². The lowest BCUT2D eigenvalue weighted by molar-refractivity contribution is 0.115. The van der Waals surface area contributed by atoms with Crippen LogP contribution in [0.2, 0.25) is 5.02 Å². The number of halogens is 1. The zero-order valence-corrected chi connectivity index (χ0v) is 17.9. The van der Waals surface area contributed by atoms with Gasteiger partial charge in [0, 0.05) is 53.1 Å². The minimum absolute atomic E-state index is 0.431. The summed E-state index contributed by atoms with van der Waals surface area (Å²) >= 11 is 8.16. The normalized spacial score (nSPS) is 15.6. The first kappa shape index (κ1) is 19.5. The van der Waals surface area contributed by atoms with Crippen LogP contribution in [0.4, 0.5) is 0 Å². The number of benzene rings is 1. The number of piperazine rings is 1. The molecule has 5 rings (SSSR count). The summed E-state index contributed by atoms with van der Waals surface area (Å²) in [6, 6.07) is 16.0. The molecule has 0 aliphatic carbocycles. The van der Waals surface area contributed by atoms with Crippen molar-refractivity contribution in [1.29, 1.82) is 0 Å². The van der Waals surface area contributed by atoms with Gasteiger partial charge in [-0.15, -0.1) is 21.5 Å². The van der Waals surface area contributed by atoms with Gasteiger partial charge >= 0.3 is 0 Å². The molecule has 4 aromatic rings. The molecule has 1 aliphatic rings. The molecular formula is C22H21ClN4O2S. The third-order valence-electron chi connectivity index (χ3n) is 5.20. The van der Waals surface area contributed by atoms with Crippen molar-refractivity contribution in [3.8, 4) is 22.1 Å². The van der Waals surface area contributed by atoms with Gasteiger partial charge in [0.05, 0.1) is 12.8 Å². The number of nitrogens with zero attached hydrogens (tertiary/aromatic N) is 4. The molecule has 154 valence electrons. The van der Waals surface area contributed by atoms with E-state index in [2.05, 4.69) is 38.2 Å². The first-order chi connectivity index (χ1) is 14.7. The first-order valence-electron chi connectivity index (χ1n) is 9.89. The fourth-order valence-corrected chi connectivity index (χ4v) is 4.99. The van der Waals surface area contributed by atoms with Gasteiger partial charge in [-0.2, -0.15) is 0 Å². The van der Waals surface area contributed by atoms with Crippen molar-refractivity contribution in [3.63, 3.8) is 0 Å². The monoisotopic (exact) mass is 440 g/mol. The van der Waals surface area contributed by atoms with Gasteiger partial charge in [-0.1, -0.05) is 29.8 Å². The van der Waals surface area contributed by atoms with Gasteiger partial charge in [-0.05, 0) is 30.3 Å². The number of hydrogen-bond acceptors (Lipinski definition) is 7. The van der Waals surface area contributed by atoms with E-state index < -0.39 is 0 Å². The zero-order chi connectivity index (χ0) is 20.3. The molecule has 0 spiro atoms. The molecule has 30 heavy (non-hydrogen) atoms. The standard InChI is InChI=1S/C22H21ClN4O2S/c23-18-5-2-1-4-17(18)20-8-7-16(30-20)14-26-9-11-27(12-10-26)15-21-24-25-22(29-21)19-6-3-13-28-19/h1-8,13H,9-12,14-15H2. The van der Waals surface area contributed by atoms with Gasteiger partial charge in [-0.3, -0.25) is 9.80 Å². The SMILES string of the molecule is Clc1ccccc1-c1ccc(CN2CCN(Cc3nnc(-c4ccco4)o3)CC2)s1. The third-order valence-corrected chi connectivity index (χ3v) is 6.64. The largest absolute Gasteiger partial charge is 0.459 e. The number of thiophene rings is 1. The van der Waals surface area contributed by atoms with Gasteiger partial charge in [0.15, 0.2) is 5.76 Å². The molecule has 6 nitrogen and oxygen atoms in total. The van der Waals surface area contributed by atoms with E-state index in [0.717, 1.165) is 43.3 Å². The molecule has 0 amide bonds. The van der Waals surface area contributed by atoms with Crippen LogP contribution >= 0.6 is 22.9 Å². The summed E-state index contributed by atoms with van der Waals surface area (Å²) in [6.07, 6.45) is 1.60. The molecule has 1 fully saturated rings. The predicted molar refractivity (Wildman–Crippen MR) is 117 cm³/mol. The Balaban J connectivity index is 1.14. The highest BCUT2D eigenvalue weighted by atomic mass is 35.5. The molecule has 8 heteroatoms. The van der Waals surface area contributed by atoms with E-state index in [1.807, 2.05) is 41.7 Å². The molecule has 0 N–H and O–H groups in total. The zero-order valence-electron chi connectivity index (χ0n) is 16.3. The second kappa shape index (κ2) is 8.73. The lowest BCUT2D eigenvalue weighted by Gasteiger charge is -2.33. The van der Waals surface area contributed by atoms with E-state index in [1.165, 1.54) is 9.75 Å². The average molecular weight is 441 g/mol. The van der Waals surface area contributed by atoms with Crippen LogP contribution in [0.3, 0.4) is 0 Å². The molecule has 0 radical (unpaired) electrons. The number of hydrogen-bond donors (Lipinski definition) is 0. The molecule has 0 bridgehead atoms. The van der Waals surface area contributed by atoms with Gasteiger partial charge in [0.1, 0.15) is 0 Å². The Morgan fingerprint density at radius 3 is 2.47 bits per heavy atom. The highest BCUT2D eigenvalue weighted by molar-refractivity contribution is 7.15. The maximum absolute atomic E-state index is 6.34. The molecule has 1 saturated heterocycles. The summed E-state index contributed by atoms with van der Waals surface area (Å²) < 4.78 is 11.0. The average Bonchev–Trinajstić information content (AvgIpc) is 3.52. The third kappa shape index (κ3) is 4.34. The maximum Gasteiger partial charge on any atom is 0.283 e. The first-order valence-corrected chi connectivity index (χ1v) is 11.1. The molecule has 4 heterocycles. The minimum atomic E-state index is 0.431. The second-order valence-electron chi connectivity index (χ2n) is 7.28. The molecule has 1 aromatic carbocycles. The van der Waals surface area contributed by atoms with Crippen LogP contribution in [0.25, 0.3) is 22.1 Å². The van der Waals surface area contributed by atoms with Crippen molar-refractivity contribution >= 4 is 22.9 Å². The smallest absolute Gasteiger partial charge is 0.283 e. The van der Waals surface area contributed by atoms with Crippen LogP contribution in [-0.2, 0) is 13.1 Å². The Morgan fingerprint density at radius 2 is 1.70 bits per heavy atom. The number of rotatable bonds is 6. The summed E-state index contributed by atoms with van der Waals surface area (Å²) in [5, 5.41) is 9.03. The summed E-state index contributed by atoms with van der Waals surface area (Å²) in [7, 11) is 0. The van der Waals surface area contributed by atoms with Crippen LogP contribution in [0, 0.1) is 0 Å². The summed E-state index contributed by atoms with van der Waals surface area (Å²) in [6.45, 7) is 5.60. The lowest BCUT2D eigenvalue weighted by atomic mass is 10.2. The van der Waals surface area contributed by atoms with Crippen molar-refractivity contribution in [2.75, 3.05) is 26.2 Å². The van der Waals surface area contributed by atoms with Crippen LogP contribution in [0.5, 0.6) is 0 Å². The minimum Gasteiger partial charge on any atom is -0.459 e. The fourth-order valence-electron chi connectivity index (χ4n) is 3.60. The van der Waals surface area contributed by atoms with Gasteiger partial charge in [-0.25, -0.2) is 0 Å². The Hall–Kier alpha value is -2.45. The topological polar surface area (TPSA) is 58.5 Å². The Labute approximate surface area is 183 Å². The van der Waals surface area contributed by atoms with E-state index in [-0.39, 0.29) is 0 Å². The van der Waals surface area contributed by atoms with E-state index in [9.17, 15) is 0 Å². The van der Waals surface area contributed by atoms with E-state index in [4.69, 9.17) is 20.4 Å². The summed E-state index contributed by atoms with van der Waals surface area (Å²) in [5.74, 6) is 1.66. The molecular weight excluding hydrogens is 420 g/mol. The van der Waals surface area contributed by atoms with E-state index in [0.29, 0.717) is 24.1 Å². The Kier molecular flexibility index (Phi) is 5.68. The van der Waals surface area contributed by atoms with E-state index >= 15 is 0 Å². The maximum atomic E-state index is 6.34. The summed E-state index contributed by atoms with van der Waals surface area (Å²) in [5.41, 5.74) is 1.11. The van der Waals surface area contributed by atoms with Crippen LogP contribution < -0.4 is 0 Å². The van der Waals surface area contributed by atoms with Crippen molar-refractivity contribution < 1.29 is 8.83 Å². The lowest BCUT2D eigenvalue weighted by Crippen LogP contribution is -2.45. The number of aromatic nitrogens is 2. The Morgan fingerprint density at radius 1 is 0.900 bits per heavy atom. The molecule has 1 aliphatic heterocycles. The summed E-state index contributed by atoms with van der Waals surface area (Å²) in [4.78, 5) is 7.41.